The highest BCUT2D eigenvalue weighted by molar-refractivity contribution is 6.00. The minimum absolute atomic E-state index is 0.575. The monoisotopic (exact) mass is 263 g/mol. The molecular weight excluding hydrogens is 234 g/mol. The van der Waals surface area contributed by atoms with Gasteiger partial charge in [-0.05, 0) is 38.1 Å². The molecule has 1 aliphatic rings. The molecule has 0 unspecified atom stereocenters. The van der Waals surface area contributed by atoms with Crippen molar-refractivity contribution in [3.8, 4) is 0 Å². The number of nitrogens with one attached hydrogen (secondary N) is 1. The molecule has 2 heterocycles. The second-order valence-corrected chi connectivity index (χ2v) is 3.85. The van der Waals surface area contributed by atoms with Gasteiger partial charge in [-0.1, -0.05) is 33.8 Å². The second-order valence-electron chi connectivity index (χ2n) is 3.85. The van der Waals surface area contributed by atoms with Crippen molar-refractivity contribution in [1.29, 1.82) is 0 Å². The van der Waals surface area contributed by atoms with Crippen LogP contribution in [0.15, 0.2) is 29.4 Å². The van der Waals surface area contributed by atoms with E-state index in [1.54, 1.807) is 0 Å². The summed E-state index contributed by atoms with van der Waals surface area (Å²) in [5.41, 5.74) is 2.20. The van der Waals surface area contributed by atoms with Crippen LogP contribution in [-0.2, 0) is 0 Å². The van der Waals surface area contributed by atoms with Gasteiger partial charge in [-0.25, -0.2) is 0 Å². The standard InChI is InChI=1S/C12H17N3.2C2H6/c1-13-12(10-5-8-14-9-6-10)11-4-2-3-7-15-11;2*1-2/h2-4,7,10,14H,5-6,8-9H2,1H3;2*1-2H3. The van der Waals surface area contributed by atoms with Gasteiger partial charge < -0.3 is 5.32 Å². The summed E-state index contributed by atoms with van der Waals surface area (Å²) in [5.74, 6) is 0.575. The van der Waals surface area contributed by atoms with Gasteiger partial charge in [0.25, 0.3) is 0 Å². The Kier molecular flexibility index (Phi) is 11.1. The van der Waals surface area contributed by atoms with Crippen molar-refractivity contribution in [1.82, 2.24) is 10.3 Å². The first kappa shape index (κ1) is 17.8. The summed E-state index contributed by atoms with van der Waals surface area (Å²) in [6.07, 6.45) is 4.17. The average molecular weight is 263 g/mol. The number of nitrogens with zero attached hydrogens (tertiary/aromatic N) is 2. The first-order valence-electron chi connectivity index (χ1n) is 7.50. The van der Waals surface area contributed by atoms with Gasteiger partial charge in [0.1, 0.15) is 0 Å². The lowest BCUT2D eigenvalue weighted by Gasteiger charge is -2.23. The van der Waals surface area contributed by atoms with Crippen molar-refractivity contribution in [3.05, 3.63) is 30.1 Å². The lowest BCUT2D eigenvalue weighted by Crippen LogP contribution is -2.32. The number of rotatable bonds is 2. The van der Waals surface area contributed by atoms with E-state index in [-0.39, 0.29) is 0 Å². The Morgan fingerprint density at radius 3 is 2.26 bits per heavy atom. The molecule has 0 amide bonds. The van der Waals surface area contributed by atoms with Crippen LogP contribution in [0, 0.1) is 5.92 Å². The highest BCUT2D eigenvalue weighted by Gasteiger charge is 2.20. The van der Waals surface area contributed by atoms with Crippen LogP contribution in [0.2, 0.25) is 0 Å². The molecule has 1 aromatic rings. The smallest absolute Gasteiger partial charge is 0.0842 e. The molecule has 3 heteroatoms. The van der Waals surface area contributed by atoms with E-state index < -0.39 is 0 Å². The normalized spacial score (nSPS) is 15.7. The molecule has 1 fully saturated rings. The molecule has 19 heavy (non-hydrogen) atoms. The molecule has 1 N–H and O–H groups in total. The largest absolute Gasteiger partial charge is 0.317 e. The predicted molar refractivity (Wildman–Crippen MR) is 85.0 cm³/mol. The molecule has 0 bridgehead atoms. The molecule has 1 saturated heterocycles. The highest BCUT2D eigenvalue weighted by atomic mass is 14.9. The lowest BCUT2D eigenvalue weighted by molar-refractivity contribution is 0.456. The summed E-state index contributed by atoms with van der Waals surface area (Å²) in [4.78, 5) is 8.78. The summed E-state index contributed by atoms with van der Waals surface area (Å²) in [7, 11) is 1.87. The zero-order chi connectivity index (χ0) is 14.5. The fourth-order valence-electron chi connectivity index (χ4n) is 2.12. The van der Waals surface area contributed by atoms with Gasteiger partial charge in [-0.3, -0.25) is 9.98 Å². The summed E-state index contributed by atoms with van der Waals surface area (Å²) < 4.78 is 0. The molecule has 1 aliphatic heterocycles. The van der Waals surface area contributed by atoms with Gasteiger partial charge in [-0.2, -0.15) is 0 Å². The third-order valence-corrected chi connectivity index (χ3v) is 2.89. The minimum atomic E-state index is 0.575. The summed E-state index contributed by atoms with van der Waals surface area (Å²) in [6.45, 7) is 10.2. The zero-order valence-corrected chi connectivity index (χ0v) is 13.1. The minimum Gasteiger partial charge on any atom is -0.317 e. The van der Waals surface area contributed by atoms with Crippen LogP contribution in [0.4, 0.5) is 0 Å². The third kappa shape index (κ3) is 5.97. The Labute approximate surface area is 118 Å². The number of pyridine rings is 1. The van der Waals surface area contributed by atoms with Gasteiger partial charge >= 0.3 is 0 Å². The molecule has 1 aromatic heterocycles. The van der Waals surface area contributed by atoms with E-state index in [1.165, 1.54) is 12.8 Å². The Balaban J connectivity index is 0.000000741. The van der Waals surface area contributed by atoms with Crippen LogP contribution in [0.1, 0.15) is 46.2 Å². The van der Waals surface area contributed by atoms with Crippen molar-refractivity contribution >= 4 is 5.71 Å². The topological polar surface area (TPSA) is 37.3 Å². The third-order valence-electron chi connectivity index (χ3n) is 2.89. The maximum Gasteiger partial charge on any atom is 0.0842 e. The second kappa shape index (κ2) is 11.8. The number of hydrogen-bond donors (Lipinski definition) is 1. The number of hydrogen-bond acceptors (Lipinski definition) is 3. The van der Waals surface area contributed by atoms with E-state index in [0.29, 0.717) is 5.92 Å². The van der Waals surface area contributed by atoms with Crippen LogP contribution in [0.3, 0.4) is 0 Å². The quantitative estimate of drug-likeness (QED) is 0.829. The van der Waals surface area contributed by atoms with Gasteiger partial charge in [0.2, 0.25) is 0 Å². The molecule has 0 spiro atoms. The molecule has 108 valence electrons. The van der Waals surface area contributed by atoms with Crippen molar-refractivity contribution in [3.63, 3.8) is 0 Å². The van der Waals surface area contributed by atoms with Crippen molar-refractivity contribution < 1.29 is 0 Å². The van der Waals surface area contributed by atoms with E-state index in [1.807, 2.05) is 59.1 Å². The molecule has 3 nitrogen and oxygen atoms in total. The molecule has 2 rings (SSSR count). The first-order valence-corrected chi connectivity index (χ1v) is 7.50. The van der Waals surface area contributed by atoms with Crippen LogP contribution in [0.25, 0.3) is 0 Å². The zero-order valence-electron chi connectivity index (χ0n) is 13.1. The van der Waals surface area contributed by atoms with Crippen molar-refractivity contribution in [2.45, 2.75) is 40.5 Å². The number of aromatic nitrogens is 1. The lowest BCUT2D eigenvalue weighted by atomic mass is 9.91. The Bertz CT molecular complexity index is 327. The first-order chi connectivity index (χ1) is 9.42. The van der Waals surface area contributed by atoms with Gasteiger partial charge in [0, 0.05) is 19.2 Å². The summed E-state index contributed by atoms with van der Waals surface area (Å²) in [6, 6.07) is 6.01. The summed E-state index contributed by atoms with van der Waals surface area (Å²) in [5, 5.41) is 3.37. The van der Waals surface area contributed by atoms with Gasteiger partial charge in [-0.15, -0.1) is 0 Å². The van der Waals surface area contributed by atoms with Crippen molar-refractivity contribution in [2.75, 3.05) is 20.1 Å². The van der Waals surface area contributed by atoms with E-state index in [2.05, 4.69) is 15.3 Å². The Hall–Kier alpha value is -1.22. The fourth-order valence-corrected chi connectivity index (χ4v) is 2.12. The van der Waals surface area contributed by atoms with E-state index in [0.717, 1.165) is 24.5 Å². The SMILES string of the molecule is CC.CC.CN=C(c1ccccn1)C1CCNCC1. The van der Waals surface area contributed by atoms with Crippen LogP contribution < -0.4 is 5.32 Å². The maximum atomic E-state index is 4.41. The predicted octanol–water partition coefficient (Wildman–Crippen LogP) is 3.55. The molecule has 0 atom stereocenters. The van der Waals surface area contributed by atoms with Gasteiger partial charge in [0.15, 0.2) is 0 Å². The van der Waals surface area contributed by atoms with Crippen LogP contribution in [0.5, 0.6) is 0 Å². The van der Waals surface area contributed by atoms with Crippen LogP contribution >= 0.6 is 0 Å². The number of piperidine rings is 1. The fraction of sp³-hybridized carbons (Fsp3) is 0.625. The average Bonchev–Trinajstić information content (AvgIpc) is 2.54. The molecule has 0 aliphatic carbocycles. The van der Waals surface area contributed by atoms with Crippen molar-refractivity contribution in [2.24, 2.45) is 10.9 Å². The highest BCUT2D eigenvalue weighted by Crippen LogP contribution is 2.17. The molecule has 0 aromatic carbocycles. The summed E-state index contributed by atoms with van der Waals surface area (Å²) >= 11 is 0. The maximum absolute atomic E-state index is 4.41. The Morgan fingerprint density at radius 2 is 1.79 bits per heavy atom. The molecule has 0 saturated carbocycles. The molecular formula is C16H29N3. The Morgan fingerprint density at radius 1 is 1.16 bits per heavy atom. The van der Waals surface area contributed by atoms with E-state index in [9.17, 15) is 0 Å². The molecule has 0 radical (unpaired) electrons. The number of aliphatic imine (C=N–C) groups is 1. The van der Waals surface area contributed by atoms with E-state index >= 15 is 0 Å². The van der Waals surface area contributed by atoms with E-state index in [4.69, 9.17) is 0 Å². The van der Waals surface area contributed by atoms with Gasteiger partial charge in [0.05, 0.1) is 11.4 Å². The van der Waals surface area contributed by atoms with Crippen LogP contribution in [-0.4, -0.2) is 30.8 Å².